The van der Waals surface area contributed by atoms with Crippen molar-refractivity contribution >= 4 is 5.52 Å². The normalized spacial score (nSPS) is 11.5. The molecule has 2 N–H and O–H groups in total. The van der Waals surface area contributed by atoms with Crippen LogP contribution in [0.3, 0.4) is 0 Å². The summed E-state index contributed by atoms with van der Waals surface area (Å²) in [6.07, 6.45) is 4.92. The van der Waals surface area contributed by atoms with Crippen molar-refractivity contribution in [3.8, 4) is 0 Å². The van der Waals surface area contributed by atoms with Crippen molar-refractivity contribution in [3.05, 3.63) is 35.9 Å². The van der Waals surface area contributed by atoms with E-state index < -0.39 is 0 Å². The van der Waals surface area contributed by atoms with Crippen LogP contribution in [0.2, 0.25) is 0 Å². The van der Waals surface area contributed by atoms with Gasteiger partial charge in [0.2, 0.25) is 0 Å². The maximum absolute atomic E-state index is 5.59. The van der Waals surface area contributed by atoms with E-state index in [0.717, 1.165) is 12.2 Å². The highest BCUT2D eigenvalue weighted by Gasteiger charge is 2.09. The number of nitrogens with zero attached hydrogens (tertiary/aromatic N) is 2. The van der Waals surface area contributed by atoms with E-state index in [9.17, 15) is 0 Å². The highest BCUT2D eigenvalue weighted by atomic mass is 15.0. The Morgan fingerprint density at radius 1 is 1.47 bits per heavy atom. The molecule has 0 saturated carbocycles. The van der Waals surface area contributed by atoms with Gasteiger partial charge in [0.15, 0.2) is 0 Å². The van der Waals surface area contributed by atoms with E-state index in [2.05, 4.69) is 41.6 Å². The van der Waals surface area contributed by atoms with Crippen molar-refractivity contribution in [2.24, 2.45) is 5.73 Å². The van der Waals surface area contributed by atoms with Crippen LogP contribution >= 0.6 is 0 Å². The molecule has 0 spiro atoms. The van der Waals surface area contributed by atoms with Crippen molar-refractivity contribution in [3.63, 3.8) is 0 Å². The minimum Gasteiger partial charge on any atom is -0.330 e. The van der Waals surface area contributed by atoms with Gasteiger partial charge in [-0.3, -0.25) is 0 Å². The Bertz CT molecular complexity index is 457. The van der Waals surface area contributed by atoms with Crippen molar-refractivity contribution in [2.45, 2.75) is 26.2 Å². The first-order valence-electron chi connectivity index (χ1n) is 5.39. The van der Waals surface area contributed by atoms with Crippen molar-refractivity contribution < 1.29 is 0 Å². The molecule has 3 heteroatoms. The second-order valence-corrected chi connectivity index (χ2v) is 4.10. The van der Waals surface area contributed by atoms with Crippen LogP contribution in [-0.2, 0) is 6.42 Å². The number of nitrogens with two attached hydrogens (primary N) is 1. The number of aromatic nitrogens is 2. The molecule has 0 aliphatic rings. The summed E-state index contributed by atoms with van der Waals surface area (Å²) in [5.41, 5.74) is 8.05. The summed E-state index contributed by atoms with van der Waals surface area (Å²) in [6, 6.07) is 4.18. The molecule has 0 radical (unpaired) electrons. The van der Waals surface area contributed by atoms with Gasteiger partial charge in [-0.1, -0.05) is 19.9 Å². The summed E-state index contributed by atoms with van der Waals surface area (Å²) in [7, 11) is 0. The minimum absolute atomic E-state index is 0.445. The Morgan fingerprint density at radius 3 is 2.93 bits per heavy atom. The third kappa shape index (κ3) is 1.75. The van der Waals surface area contributed by atoms with Gasteiger partial charge in [0.25, 0.3) is 0 Å². The molecule has 0 bridgehead atoms. The van der Waals surface area contributed by atoms with E-state index in [4.69, 9.17) is 5.73 Å². The lowest BCUT2D eigenvalue weighted by molar-refractivity contribution is 0.769. The predicted molar refractivity (Wildman–Crippen MR) is 62.0 cm³/mol. The molecular weight excluding hydrogens is 186 g/mol. The van der Waals surface area contributed by atoms with E-state index in [1.54, 1.807) is 0 Å². The van der Waals surface area contributed by atoms with E-state index in [-0.39, 0.29) is 0 Å². The quantitative estimate of drug-likeness (QED) is 0.828. The van der Waals surface area contributed by atoms with E-state index in [1.165, 1.54) is 11.1 Å². The molecule has 0 saturated heterocycles. The second kappa shape index (κ2) is 4.03. The fourth-order valence-electron chi connectivity index (χ4n) is 1.89. The van der Waals surface area contributed by atoms with Crippen molar-refractivity contribution in [2.75, 3.05) is 6.54 Å². The highest BCUT2D eigenvalue weighted by molar-refractivity contribution is 5.54. The first-order chi connectivity index (χ1) is 7.24. The van der Waals surface area contributed by atoms with Crippen LogP contribution in [0.4, 0.5) is 0 Å². The molecular formula is C12H17N3. The molecule has 0 amide bonds. The third-order valence-electron chi connectivity index (χ3n) is 2.62. The minimum atomic E-state index is 0.445. The first-order valence-corrected chi connectivity index (χ1v) is 5.39. The molecule has 2 aromatic heterocycles. The van der Waals surface area contributed by atoms with Gasteiger partial charge >= 0.3 is 0 Å². The van der Waals surface area contributed by atoms with Crippen LogP contribution in [0.5, 0.6) is 0 Å². The summed E-state index contributed by atoms with van der Waals surface area (Å²) >= 11 is 0. The Balaban J connectivity index is 2.58. The Morgan fingerprint density at radius 2 is 2.27 bits per heavy atom. The summed E-state index contributed by atoms with van der Waals surface area (Å²) in [4.78, 5) is 4.46. The fourth-order valence-corrected chi connectivity index (χ4v) is 1.89. The molecule has 0 unspecified atom stereocenters. The van der Waals surface area contributed by atoms with Crippen LogP contribution in [0.25, 0.3) is 5.52 Å². The third-order valence-corrected chi connectivity index (χ3v) is 2.62. The smallest absolute Gasteiger partial charge is 0.115 e. The van der Waals surface area contributed by atoms with Gasteiger partial charge in [-0.2, -0.15) is 0 Å². The molecule has 0 atom stereocenters. The van der Waals surface area contributed by atoms with Crippen molar-refractivity contribution in [1.29, 1.82) is 0 Å². The van der Waals surface area contributed by atoms with E-state index in [0.29, 0.717) is 12.5 Å². The van der Waals surface area contributed by atoms with Crippen LogP contribution in [0, 0.1) is 0 Å². The lowest BCUT2D eigenvalue weighted by atomic mass is 10.1. The molecule has 2 rings (SSSR count). The zero-order chi connectivity index (χ0) is 10.8. The molecule has 0 aliphatic heterocycles. The highest BCUT2D eigenvalue weighted by Crippen LogP contribution is 2.18. The van der Waals surface area contributed by atoms with Gasteiger partial charge in [-0.15, -0.1) is 0 Å². The fraction of sp³-hybridized carbons (Fsp3) is 0.417. The SMILES string of the molecule is CC(C)c1ncc2c(CCN)cccn12. The number of hydrogen-bond acceptors (Lipinski definition) is 2. The monoisotopic (exact) mass is 203 g/mol. The molecule has 0 aliphatic carbocycles. The maximum atomic E-state index is 5.59. The standard InChI is InChI=1S/C12H17N3/c1-9(2)12-14-8-11-10(5-6-13)4-3-7-15(11)12/h3-4,7-9H,5-6,13H2,1-2H3. The van der Waals surface area contributed by atoms with Gasteiger partial charge in [0, 0.05) is 12.1 Å². The largest absolute Gasteiger partial charge is 0.330 e. The number of pyridine rings is 1. The van der Waals surface area contributed by atoms with Crippen LogP contribution < -0.4 is 5.73 Å². The predicted octanol–water partition coefficient (Wildman–Crippen LogP) is 1.96. The summed E-state index contributed by atoms with van der Waals surface area (Å²) in [6.45, 7) is 5.00. The van der Waals surface area contributed by atoms with Crippen LogP contribution in [0.1, 0.15) is 31.2 Å². The molecule has 2 heterocycles. The Labute approximate surface area is 89.9 Å². The van der Waals surface area contributed by atoms with E-state index in [1.807, 2.05) is 6.20 Å². The zero-order valence-electron chi connectivity index (χ0n) is 9.27. The van der Waals surface area contributed by atoms with Crippen LogP contribution in [-0.4, -0.2) is 15.9 Å². The number of rotatable bonds is 3. The average Bonchev–Trinajstić information content (AvgIpc) is 2.62. The van der Waals surface area contributed by atoms with Gasteiger partial charge in [-0.05, 0) is 24.6 Å². The molecule has 15 heavy (non-hydrogen) atoms. The molecule has 3 nitrogen and oxygen atoms in total. The van der Waals surface area contributed by atoms with Crippen LogP contribution in [0.15, 0.2) is 24.5 Å². The summed E-state index contributed by atoms with van der Waals surface area (Å²) in [5, 5.41) is 0. The van der Waals surface area contributed by atoms with E-state index >= 15 is 0 Å². The zero-order valence-corrected chi connectivity index (χ0v) is 9.27. The first kappa shape index (κ1) is 10.2. The number of imidazole rings is 1. The average molecular weight is 203 g/mol. The maximum Gasteiger partial charge on any atom is 0.115 e. The Hall–Kier alpha value is -1.35. The number of fused-ring (bicyclic) bond motifs is 1. The molecule has 0 aromatic carbocycles. The molecule has 0 fully saturated rings. The summed E-state index contributed by atoms with van der Waals surface area (Å²) in [5.74, 6) is 1.56. The van der Waals surface area contributed by atoms with Gasteiger partial charge in [0.1, 0.15) is 5.82 Å². The van der Waals surface area contributed by atoms with Gasteiger partial charge in [0.05, 0.1) is 11.7 Å². The molecule has 80 valence electrons. The van der Waals surface area contributed by atoms with Crippen molar-refractivity contribution in [1.82, 2.24) is 9.38 Å². The number of hydrogen-bond donors (Lipinski definition) is 1. The van der Waals surface area contributed by atoms with Gasteiger partial charge in [-0.25, -0.2) is 4.98 Å². The lowest BCUT2D eigenvalue weighted by Crippen LogP contribution is -2.04. The second-order valence-electron chi connectivity index (χ2n) is 4.10. The lowest BCUT2D eigenvalue weighted by Gasteiger charge is -2.06. The van der Waals surface area contributed by atoms with Gasteiger partial charge < -0.3 is 10.1 Å². The topological polar surface area (TPSA) is 43.3 Å². The summed E-state index contributed by atoms with van der Waals surface area (Å²) < 4.78 is 2.16. The molecule has 2 aromatic rings. The Kier molecular flexibility index (Phi) is 2.73.